The summed E-state index contributed by atoms with van der Waals surface area (Å²) >= 11 is 0. The summed E-state index contributed by atoms with van der Waals surface area (Å²) in [5.41, 5.74) is 1.46. The van der Waals surface area contributed by atoms with Crippen molar-refractivity contribution in [1.82, 2.24) is 9.97 Å². The summed E-state index contributed by atoms with van der Waals surface area (Å²) in [5.74, 6) is 1.53. The Labute approximate surface area is 133 Å². The molecule has 118 valence electrons. The fourth-order valence-corrected chi connectivity index (χ4v) is 2.75. The minimum absolute atomic E-state index is 0.104. The Morgan fingerprint density at radius 1 is 1.14 bits per heavy atom. The van der Waals surface area contributed by atoms with Gasteiger partial charge in [0.05, 0.1) is 0 Å². The fourth-order valence-electron chi connectivity index (χ4n) is 2.75. The zero-order valence-corrected chi connectivity index (χ0v) is 13.9. The van der Waals surface area contributed by atoms with Gasteiger partial charge in [-0.1, -0.05) is 44.2 Å². The molecule has 4 nitrogen and oxygen atoms in total. The Balaban J connectivity index is 2.00. The molecule has 2 N–H and O–H groups in total. The van der Waals surface area contributed by atoms with Crippen LogP contribution in [0.4, 0.5) is 11.8 Å². The normalized spacial score (nSPS) is 12.7. The molecule has 0 radical (unpaired) electrons. The van der Waals surface area contributed by atoms with Crippen LogP contribution in [-0.2, 0) is 5.41 Å². The molecule has 1 heterocycles. The van der Waals surface area contributed by atoms with Gasteiger partial charge in [-0.3, -0.25) is 0 Å². The van der Waals surface area contributed by atoms with Crippen molar-refractivity contribution in [2.75, 3.05) is 17.2 Å². The SMILES string of the molecule is CCNc1ccnc(N[C@@H](C)CC(C)(C)c2ccccc2)n1. The van der Waals surface area contributed by atoms with Crippen molar-refractivity contribution in [3.63, 3.8) is 0 Å². The summed E-state index contributed by atoms with van der Waals surface area (Å²) in [6, 6.07) is 12.8. The van der Waals surface area contributed by atoms with Crippen LogP contribution in [-0.4, -0.2) is 22.6 Å². The van der Waals surface area contributed by atoms with Gasteiger partial charge in [-0.2, -0.15) is 4.98 Å². The molecule has 0 unspecified atom stereocenters. The van der Waals surface area contributed by atoms with E-state index in [1.807, 2.05) is 6.07 Å². The van der Waals surface area contributed by atoms with E-state index in [2.05, 4.69) is 78.6 Å². The maximum atomic E-state index is 4.47. The molecule has 2 aromatic rings. The number of hydrogen-bond donors (Lipinski definition) is 2. The van der Waals surface area contributed by atoms with Crippen molar-refractivity contribution >= 4 is 11.8 Å². The summed E-state index contributed by atoms with van der Waals surface area (Å²) in [7, 11) is 0. The molecule has 0 aliphatic rings. The molecule has 0 saturated heterocycles. The van der Waals surface area contributed by atoms with E-state index in [1.165, 1.54) is 5.56 Å². The number of anilines is 2. The summed E-state index contributed by atoms with van der Waals surface area (Å²) in [5, 5.41) is 6.61. The molecule has 0 bridgehead atoms. The van der Waals surface area contributed by atoms with Crippen LogP contribution in [0.1, 0.15) is 39.7 Å². The number of benzene rings is 1. The topological polar surface area (TPSA) is 49.8 Å². The quantitative estimate of drug-likeness (QED) is 0.809. The standard InChI is InChI=1S/C18H26N4/c1-5-19-16-11-12-20-17(22-16)21-14(2)13-18(3,4)15-9-7-6-8-10-15/h6-12,14H,5,13H2,1-4H3,(H2,19,20,21,22)/t14-/m0/s1. The Bertz CT molecular complexity index is 581. The van der Waals surface area contributed by atoms with Gasteiger partial charge in [0.15, 0.2) is 0 Å². The number of hydrogen-bond acceptors (Lipinski definition) is 4. The van der Waals surface area contributed by atoms with Gasteiger partial charge in [0, 0.05) is 18.8 Å². The predicted octanol–water partition coefficient (Wildman–Crippen LogP) is 4.08. The van der Waals surface area contributed by atoms with E-state index in [-0.39, 0.29) is 11.5 Å². The van der Waals surface area contributed by atoms with Crippen molar-refractivity contribution in [1.29, 1.82) is 0 Å². The number of rotatable bonds is 7. The number of nitrogens with zero attached hydrogens (tertiary/aromatic N) is 2. The lowest BCUT2D eigenvalue weighted by Gasteiger charge is -2.29. The van der Waals surface area contributed by atoms with E-state index >= 15 is 0 Å². The zero-order chi connectivity index (χ0) is 16.0. The molecule has 1 atom stereocenters. The van der Waals surface area contributed by atoms with Gasteiger partial charge in [-0.25, -0.2) is 4.98 Å². The van der Waals surface area contributed by atoms with Gasteiger partial charge in [0.1, 0.15) is 5.82 Å². The third kappa shape index (κ3) is 4.45. The lowest BCUT2D eigenvalue weighted by Crippen LogP contribution is -2.28. The van der Waals surface area contributed by atoms with Crippen molar-refractivity contribution in [2.24, 2.45) is 0 Å². The Morgan fingerprint density at radius 2 is 1.86 bits per heavy atom. The van der Waals surface area contributed by atoms with E-state index in [0.29, 0.717) is 5.95 Å². The highest BCUT2D eigenvalue weighted by molar-refractivity contribution is 5.39. The second kappa shape index (κ2) is 7.25. The monoisotopic (exact) mass is 298 g/mol. The largest absolute Gasteiger partial charge is 0.370 e. The van der Waals surface area contributed by atoms with Crippen LogP contribution in [0.2, 0.25) is 0 Å². The van der Waals surface area contributed by atoms with Gasteiger partial charge in [-0.15, -0.1) is 0 Å². The predicted molar refractivity (Wildman–Crippen MR) is 93.4 cm³/mol. The van der Waals surface area contributed by atoms with E-state index < -0.39 is 0 Å². The Morgan fingerprint density at radius 3 is 2.55 bits per heavy atom. The maximum Gasteiger partial charge on any atom is 0.224 e. The lowest BCUT2D eigenvalue weighted by atomic mass is 9.79. The number of nitrogens with one attached hydrogen (secondary N) is 2. The lowest BCUT2D eigenvalue weighted by molar-refractivity contribution is 0.449. The molecule has 4 heteroatoms. The van der Waals surface area contributed by atoms with Crippen LogP contribution >= 0.6 is 0 Å². The first-order chi connectivity index (χ1) is 10.5. The summed E-state index contributed by atoms with van der Waals surface area (Å²) in [4.78, 5) is 8.77. The molecule has 0 saturated carbocycles. The molecule has 1 aromatic heterocycles. The molecular weight excluding hydrogens is 272 g/mol. The Kier molecular flexibility index (Phi) is 5.36. The van der Waals surface area contributed by atoms with Gasteiger partial charge < -0.3 is 10.6 Å². The minimum Gasteiger partial charge on any atom is -0.370 e. The fraction of sp³-hybridized carbons (Fsp3) is 0.444. The van der Waals surface area contributed by atoms with Crippen molar-refractivity contribution < 1.29 is 0 Å². The molecule has 1 aromatic carbocycles. The smallest absolute Gasteiger partial charge is 0.224 e. The first kappa shape index (κ1) is 16.3. The Hall–Kier alpha value is -2.10. The molecule has 0 fully saturated rings. The van der Waals surface area contributed by atoms with E-state index in [0.717, 1.165) is 18.8 Å². The summed E-state index contributed by atoms with van der Waals surface area (Å²) < 4.78 is 0. The van der Waals surface area contributed by atoms with Crippen molar-refractivity contribution in [3.8, 4) is 0 Å². The molecule has 0 aliphatic heterocycles. The molecule has 22 heavy (non-hydrogen) atoms. The van der Waals surface area contributed by atoms with Crippen LogP contribution in [0.3, 0.4) is 0 Å². The van der Waals surface area contributed by atoms with Crippen molar-refractivity contribution in [3.05, 3.63) is 48.2 Å². The molecule has 0 spiro atoms. The summed E-state index contributed by atoms with van der Waals surface area (Å²) in [6.07, 6.45) is 2.79. The molecule has 0 aliphatic carbocycles. The van der Waals surface area contributed by atoms with Gasteiger partial charge >= 0.3 is 0 Å². The van der Waals surface area contributed by atoms with E-state index in [9.17, 15) is 0 Å². The number of aromatic nitrogens is 2. The van der Waals surface area contributed by atoms with E-state index in [1.54, 1.807) is 6.20 Å². The second-order valence-corrected chi connectivity index (χ2v) is 6.30. The second-order valence-electron chi connectivity index (χ2n) is 6.30. The average molecular weight is 298 g/mol. The minimum atomic E-state index is 0.104. The van der Waals surface area contributed by atoms with Crippen LogP contribution in [0.25, 0.3) is 0 Å². The van der Waals surface area contributed by atoms with Crippen LogP contribution in [0.15, 0.2) is 42.6 Å². The highest BCUT2D eigenvalue weighted by Crippen LogP contribution is 2.28. The average Bonchev–Trinajstić information content (AvgIpc) is 2.48. The highest BCUT2D eigenvalue weighted by atomic mass is 15.1. The van der Waals surface area contributed by atoms with E-state index in [4.69, 9.17) is 0 Å². The van der Waals surface area contributed by atoms with Crippen LogP contribution in [0.5, 0.6) is 0 Å². The third-order valence-electron chi connectivity index (χ3n) is 3.76. The third-order valence-corrected chi connectivity index (χ3v) is 3.76. The van der Waals surface area contributed by atoms with Crippen LogP contribution < -0.4 is 10.6 Å². The van der Waals surface area contributed by atoms with Crippen LogP contribution in [0, 0.1) is 0 Å². The van der Waals surface area contributed by atoms with Gasteiger partial charge in [0.2, 0.25) is 5.95 Å². The molecular formula is C18H26N4. The molecule has 0 amide bonds. The molecule has 2 rings (SSSR count). The first-order valence-corrected chi connectivity index (χ1v) is 7.90. The zero-order valence-electron chi connectivity index (χ0n) is 13.9. The van der Waals surface area contributed by atoms with Crippen molar-refractivity contribution in [2.45, 2.75) is 45.6 Å². The summed E-state index contributed by atoms with van der Waals surface area (Å²) in [6.45, 7) is 9.63. The first-order valence-electron chi connectivity index (χ1n) is 7.90. The van der Waals surface area contributed by atoms with Gasteiger partial charge in [0.25, 0.3) is 0 Å². The maximum absolute atomic E-state index is 4.47. The van der Waals surface area contributed by atoms with Gasteiger partial charge in [-0.05, 0) is 37.3 Å². The highest BCUT2D eigenvalue weighted by Gasteiger charge is 2.23.